The van der Waals surface area contributed by atoms with E-state index in [1.165, 1.54) is 13.2 Å². The van der Waals surface area contributed by atoms with Crippen LogP contribution in [0, 0.1) is 13.8 Å². The molecule has 2 aromatic rings. The Kier molecular flexibility index (Phi) is 5.36. The standard InChI is InChI=1S/C18H19NO4/c1-12-6-13(2)8-15(7-12)19-18(21)11-23-17-9-14(10-20)4-5-16(17)22-3/h4-10H,11H2,1-3H3,(H,19,21). The summed E-state index contributed by atoms with van der Waals surface area (Å²) in [4.78, 5) is 22.8. The Morgan fingerprint density at radius 1 is 1.09 bits per heavy atom. The molecule has 0 aromatic heterocycles. The van der Waals surface area contributed by atoms with Crippen molar-refractivity contribution in [2.24, 2.45) is 0 Å². The van der Waals surface area contributed by atoms with Crippen molar-refractivity contribution in [3.8, 4) is 11.5 Å². The molecule has 5 heteroatoms. The molecule has 0 bridgehead atoms. The molecule has 0 unspecified atom stereocenters. The van der Waals surface area contributed by atoms with E-state index in [9.17, 15) is 9.59 Å². The Morgan fingerprint density at radius 3 is 2.39 bits per heavy atom. The summed E-state index contributed by atoms with van der Waals surface area (Å²) in [5.41, 5.74) is 3.32. The van der Waals surface area contributed by atoms with Crippen LogP contribution < -0.4 is 14.8 Å². The van der Waals surface area contributed by atoms with Gasteiger partial charge in [-0.1, -0.05) is 6.07 Å². The smallest absolute Gasteiger partial charge is 0.262 e. The zero-order chi connectivity index (χ0) is 16.8. The summed E-state index contributed by atoms with van der Waals surface area (Å²) >= 11 is 0. The van der Waals surface area contributed by atoms with Gasteiger partial charge in [0, 0.05) is 11.3 Å². The normalized spacial score (nSPS) is 10.0. The molecule has 1 N–H and O–H groups in total. The number of amides is 1. The maximum atomic E-state index is 12.0. The number of aryl methyl sites for hydroxylation is 2. The number of aldehydes is 1. The summed E-state index contributed by atoms with van der Waals surface area (Å²) in [6.07, 6.45) is 0.710. The van der Waals surface area contributed by atoms with E-state index in [0.717, 1.165) is 16.8 Å². The van der Waals surface area contributed by atoms with Crippen molar-refractivity contribution in [2.45, 2.75) is 13.8 Å². The van der Waals surface area contributed by atoms with Gasteiger partial charge in [-0.15, -0.1) is 0 Å². The number of rotatable bonds is 6. The largest absolute Gasteiger partial charge is 0.493 e. The number of methoxy groups -OCH3 is 1. The molecule has 120 valence electrons. The van der Waals surface area contributed by atoms with E-state index < -0.39 is 0 Å². The molecule has 1 amide bonds. The van der Waals surface area contributed by atoms with Gasteiger partial charge < -0.3 is 14.8 Å². The van der Waals surface area contributed by atoms with Crippen LogP contribution >= 0.6 is 0 Å². The summed E-state index contributed by atoms with van der Waals surface area (Å²) in [6.45, 7) is 3.76. The number of hydrogen-bond acceptors (Lipinski definition) is 4. The fourth-order valence-corrected chi connectivity index (χ4v) is 2.27. The van der Waals surface area contributed by atoms with Gasteiger partial charge in [0.25, 0.3) is 5.91 Å². The second-order valence-corrected chi connectivity index (χ2v) is 5.24. The molecule has 0 saturated heterocycles. The molecule has 0 aliphatic rings. The van der Waals surface area contributed by atoms with Crippen LogP contribution in [0.3, 0.4) is 0 Å². The lowest BCUT2D eigenvalue weighted by Crippen LogP contribution is -2.20. The predicted octanol–water partition coefficient (Wildman–Crippen LogP) is 3.14. The van der Waals surface area contributed by atoms with E-state index in [0.29, 0.717) is 23.3 Å². The van der Waals surface area contributed by atoms with Crippen molar-refractivity contribution in [2.75, 3.05) is 19.0 Å². The van der Waals surface area contributed by atoms with Crippen molar-refractivity contribution in [1.29, 1.82) is 0 Å². The maximum Gasteiger partial charge on any atom is 0.262 e. The Balaban J connectivity index is 2.02. The summed E-state index contributed by atoms with van der Waals surface area (Å²) in [5, 5.41) is 2.79. The van der Waals surface area contributed by atoms with Gasteiger partial charge in [0.2, 0.25) is 0 Å². The number of nitrogens with one attached hydrogen (secondary N) is 1. The highest BCUT2D eigenvalue weighted by molar-refractivity contribution is 5.92. The van der Waals surface area contributed by atoms with Gasteiger partial charge >= 0.3 is 0 Å². The fraction of sp³-hybridized carbons (Fsp3) is 0.222. The van der Waals surface area contributed by atoms with Crippen LogP contribution in [-0.2, 0) is 4.79 Å². The van der Waals surface area contributed by atoms with E-state index >= 15 is 0 Å². The maximum absolute atomic E-state index is 12.0. The lowest BCUT2D eigenvalue weighted by Gasteiger charge is -2.12. The molecular weight excluding hydrogens is 294 g/mol. The van der Waals surface area contributed by atoms with Gasteiger partial charge in [-0.05, 0) is 55.3 Å². The summed E-state index contributed by atoms with van der Waals surface area (Å²) in [6, 6.07) is 10.6. The molecule has 23 heavy (non-hydrogen) atoms. The first kappa shape index (κ1) is 16.5. The van der Waals surface area contributed by atoms with E-state index in [1.807, 2.05) is 32.0 Å². The van der Waals surface area contributed by atoms with Crippen molar-refractivity contribution >= 4 is 17.9 Å². The van der Waals surface area contributed by atoms with Crippen LogP contribution in [-0.4, -0.2) is 25.9 Å². The zero-order valence-corrected chi connectivity index (χ0v) is 13.4. The van der Waals surface area contributed by atoms with Crippen LogP contribution in [0.4, 0.5) is 5.69 Å². The summed E-state index contributed by atoms with van der Waals surface area (Å²) in [7, 11) is 1.50. The molecule has 0 aliphatic carbocycles. The first-order valence-electron chi connectivity index (χ1n) is 7.16. The van der Waals surface area contributed by atoms with Crippen molar-refractivity contribution in [3.05, 3.63) is 53.1 Å². The average Bonchev–Trinajstić information content (AvgIpc) is 2.51. The zero-order valence-electron chi connectivity index (χ0n) is 13.4. The van der Waals surface area contributed by atoms with E-state index in [2.05, 4.69) is 5.32 Å². The van der Waals surface area contributed by atoms with Gasteiger partial charge in [0.1, 0.15) is 6.29 Å². The third kappa shape index (κ3) is 4.57. The number of ether oxygens (including phenoxy) is 2. The number of hydrogen-bond donors (Lipinski definition) is 1. The number of carbonyl (C=O) groups is 2. The van der Waals surface area contributed by atoms with Gasteiger partial charge in [0.05, 0.1) is 7.11 Å². The molecule has 0 aliphatic heterocycles. The van der Waals surface area contributed by atoms with Gasteiger partial charge in [0.15, 0.2) is 18.1 Å². The molecular formula is C18H19NO4. The van der Waals surface area contributed by atoms with Crippen molar-refractivity contribution in [3.63, 3.8) is 0 Å². The Bertz CT molecular complexity index is 705. The minimum absolute atomic E-state index is 0.175. The van der Waals surface area contributed by atoms with Crippen molar-refractivity contribution < 1.29 is 19.1 Å². The monoisotopic (exact) mass is 313 g/mol. The second-order valence-electron chi connectivity index (χ2n) is 5.24. The Hall–Kier alpha value is -2.82. The van der Waals surface area contributed by atoms with Gasteiger partial charge in [-0.2, -0.15) is 0 Å². The quantitative estimate of drug-likeness (QED) is 0.832. The van der Waals surface area contributed by atoms with Crippen LogP contribution in [0.25, 0.3) is 0 Å². The highest BCUT2D eigenvalue weighted by atomic mass is 16.5. The minimum Gasteiger partial charge on any atom is -0.493 e. The molecule has 0 radical (unpaired) electrons. The molecule has 2 rings (SSSR count). The third-order valence-electron chi connectivity index (χ3n) is 3.19. The van der Waals surface area contributed by atoms with Gasteiger partial charge in [-0.25, -0.2) is 0 Å². The number of benzene rings is 2. The first-order chi connectivity index (χ1) is 11.0. The van der Waals surface area contributed by atoms with Gasteiger partial charge in [-0.3, -0.25) is 9.59 Å². The van der Waals surface area contributed by atoms with E-state index in [4.69, 9.17) is 9.47 Å². The second kappa shape index (κ2) is 7.45. The molecule has 2 aromatic carbocycles. The number of anilines is 1. The minimum atomic E-state index is -0.284. The topological polar surface area (TPSA) is 64.6 Å². The molecule has 0 saturated carbocycles. The molecule has 0 spiro atoms. The molecule has 0 fully saturated rings. The van der Waals surface area contributed by atoms with Crippen LogP contribution in [0.1, 0.15) is 21.5 Å². The Morgan fingerprint density at radius 2 is 1.78 bits per heavy atom. The van der Waals surface area contributed by atoms with Crippen LogP contribution in [0.2, 0.25) is 0 Å². The lowest BCUT2D eigenvalue weighted by molar-refractivity contribution is -0.118. The van der Waals surface area contributed by atoms with Crippen LogP contribution in [0.15, 0.2) is 36.4 Å². The lowest BCUT2D eigenvalue weighted by atomic mass is 10.1. The van der Waals surface area contributed by atoms with Crippen molar-refractivity contribution in [1.82, 2.24) is 0 Å². The van der Waals surface area contributed by atoms with E-state index in [-0.39, 0.29) is 12.5 Å². The molecule has 0 atom stereocenters. The van der Waals surface area contributed by atoms with E-state index in [1.54, 1.807) is 12.1 Å². The molecule has 0 heterocycles. The summed E-state index contributed by atoms with van der Waals surface area (Å²) < 4.78 is 10.6. The predicted molar refractivity (Wildman–Crippen MR) is 88.4 cm³/mol. The van der Waals surface area contributed by atoms with Crippen LogP contribution in [0.5, 0.6) is 11.5 Å². The Labute approximate surface area is 135 Å². The average molecular weight is 313 g/mol. The third-order valence-corrected chi connectivity index (χ3v) is 3.19. The highest BCUT2D eigenvalue weighted by Gasteiger charge is 2.09. The first-order valence-corrected chi connectivity index (χ1v) is 7.16. The fourth-order valence-electron chi connectivity index (χ4n) is 2.27. The summed E-state index contributed by atoms with van der Waals surface area (Å²) in [5.74, 6) is 0.538. The SMILES string of the molecule is COc1ccc(C=O)cc1OCC(=O)Nc1cc(C)cc(C)c1. The highest BCUT2D eigenvalue weighted by Crippen LogP contribution is 2.27. The number of carbonyl (C=O) groups excluding carboxylic acids is 2. The molecule has 5 nitrogen and oxygen atoms in total.